The van der Waals surface area contributed by atoms with E-state index in [9.17, 15) is 13.2 Å². The van der Waals surface area contributed by atoms with Gasteiger partial charge in [0.1, 0.15) is 17.2 Å². The van der Waals surface area contributed by atoms with Gasteiger partial charge in [-0.3, -0.25) is 9.48 Å². The van der Waals surface area contributed by atoms with E-state index in [0.29, 0.717) is 17.8 Å². The Balaban J connectivity index is 1.68. The second kappa shape index (κ2) is 9.13. The molecule has 1 aromatic heterocycles. The summed E-state index contributed by atoms with van der Waals surface area (Å²) in [5.41, 5.74) is 1.89. The van der Waals surface area contributed by atoms with Crippen LogP contribution in [-0.4, -0.2) is 43.0 Å². The van der Waals surface area contributed by atoms with Gasteiger partial charge in [-0.2, -0.15) is 9.40 Å². The van der Waals surface area contributed by atoms with E-state index < -0.39 is 10.0 Å². The Bertz CT molecular complexity index is 1130. The smallest absolute Gasteiger partial charge is 0.263 e. The molecule has 0 saturated heterocycles. The molecule has 2 aromatic carbocycles. The molecule has 1 fully saturated rings. The van der Waals surface area contributed by atoms with Gasteiger partial charge in [-0.15, -0.1) is 0 Å². The van der Waals surface area contributed by atoms with Crippen molar-refractivity contribution in [3.63, 3.8) is 0 Å². The van der Waals surface area contributed by atoms with Gasteiger partial charge in [-0.25, -0.2) is 8.42 Å². The van der Waals surface area contributed by atoms with Gasteiger partial charge in [0.2, 0.25) is 0 Å². The Kier molecular flexibility index (Phi) is 6.29. The molecule has 1 aliphatic rings. The molecule has 0 unspecified atom stereocenters. The predicted molar refractivity (Wildman–Crippen MR) is 118 cm³/mol. The lowest BCUT2D eigenvalue weighted by Gasteiger charge is -2.21. The van der Waals surface area contributed by atoms with E-state index in [4.69, 9.17) is 9.47 Å². The minimum Gasteiger partial charge on any atom is -0.497 e. The number of sulfonamides is 1. The number of ether oxygens (including phenoxy) is 2. The zero-order valence-electron chi connectivity index (χ0n) is 18.0. The maximum atomic E-state index is 13.6. The minimum absolute atomic E-state index is 0.0933. The van der Waals surface area contributed by atoms with Gasteiger partial charge < -0.3 is 9.47 Å². The first-order valence-electron chi connectivity index (χ1n) is 10.3. The van der Waals surface area contributed by atoms with Crippen LogP contribution in [0.25, 0.3) is 0 Å². The van der Waals surface area contributed by atoms with Crippen molar-refractivity contribution >= 4 is 16.3 Å². The number of hydrogen-bond donors (Lipinski definition) is 0. The quantitative estimate of drug-likeness (QED) is 0.435. The van der Waals surface area contributed by atoms with Crippen molar-refractivity contribution in [2.45, 2.75) is 37.0 Å². The number of hydrogen-bond acceptors (Lipinski definition) is 6. The molecule has 0 atom stereocenters. The summed E-state index contributed by atoms with van der Waals surface area (Å²) in [7, 11) is -0.807. The van der Waals surface area contributed by atoms with E-state index in [1.54, 1.807) is 38.5 Å². The van der Waals surface area contributed by atoms with Crippen LogP contribution in [0.5, 0.6) is 11.5 Å². The first-order valence-corrected chi connectivity index (χ1v) is 11.7. The zero-order valence-corrected chi connectivity index (χ0v) is 18.8. The molecule has 0 N–H and O–H groups in total. The summed E-state index contributed by atoms with van der Waals surface area (Å²) in [6.07, 6.45) is 2.44. The van der Waals surface area contributed by atoms with Crippen LogP contribution in [0.2, 0.25) is 0 Å². The number of methoxy groups -OCH3 is 2. The molecule has 8 nitrogen and oxygen atoms in total. The minimum atomic E-state index is -3.97. The molecule has 9 heteroatoms. The molecule has 0 aliphatic heterocycles. The highest BCUT2D eigenvalue weighted by Gasteiger charge is 2.33. The van der Waals surface area contributed by atoms with Crippen molar-refractivity contribution in [3.05, 3.63) is 71.4 Å². The Hall–Kier alpha value is -3.17. The molecule has 3 aromatic rings. The summed E-state index contributed by atoms with van der Waals surface area (Å²) in [6, 6.07) is 15.9. The van der Waals surface area contributed by atoms with Gasteiger partial charge >= 0.3 is 0 Å². The van der Waals surface area contributed by atoms with Gasteiger partial charge in [0.05, 0.1) is 20.3 Å². The number of aldehydes is 1. The first kappa shape index (κ1) is 22.0. The normalized spacial score (nSPS) is 13.8. The standard InChI is InChI=1S/C23H25N3O5S/c1-30-21-9-3-17(4-10-21)14-25(15-18-5-11-22(31-2)12-6-18)32(28,29)23-13-20(16-27)26(24-23)19-7-8-19/h3-6,9-13,16,19H,7-8,14-15H2,1-2H3. The maximum absolute atomic E-state index is 13.6. The largest absolute Gasteiger partial charge is 0.497 e. The monoisotopic (exact) mass is 455 g/mol. The van der Waals surface area contributed by atoms with E-state index >= 15 is 0 Å². The average Bonchev–Trinajstić information content (AvgIpc) is 3.57. The van der Waals surface area contributed by atoms with Crippen LogP contribution in [0.4, 0.5) is 0 Å². The molecule has 1 aliphatic carbocycles. The fourth-order valence-electron chi connectivity index (χ4n) is 3.44. The van der Waals surface area contributed by atoms with Crippen LogP contribution < -0.4 is 9.47 Å². The molecule has 0 radical (unpaired) electrons. The second-order valence-corrected chi connectivity index (χ2v) is 9.56. The van der Waals surface area contributed by atoms with Crippen LogP contribution >= 0.6 is 0 Å². The van der Waals surface area contributed by atoms with Gasteiger partial charge in [-0.1, -0.05) is 24.3 Å². The lowest BCUT2D eigenvalue weighted by molar-refractivity contribution is 0.111. The molecule has 4 rings (SSSR count). The zero-order chi connectivity index (χ0) is 22.7. The predicted octanol–water partition coefficient (Wildman–Crippen LogP) is 3.44. The molecule has 0 bridgehead atoms. The Morgan fingerprint density at radius 1 is 0.969 bits per heavy atom. The van der Waals surface area contributed by atoms with Crippen molar-refractivity contribution in [1.82, 2.24) is 14.1 Å². The van der Waals surface area contributed by atoms with E-state index in [1.165, 1.54) is 15.1 Å². The van der Waals surface area contributed by atoms with Crippen molar-refractivity contribution in [1.29, 1.82) is 0 Å². The number of rotatable bonds is 10. The molecular weight excluding hydrogens is 430 g/mol. The molecule has 0 spiro atoms. The third-order valence-electron chi connectivity index (χ3n) is 5.40. The van der Waals surface area contributed by atoms with E-state index in [2.05, 4.69) is 5.10 Å². The summed E-state index contributed by atoms with van der Waals surface area (Å²) in [6.45, 7) is 0.288. The highest BCUT2D eigenvalue weighted by Crippen LogP contribution is 2.36. The van der Waals surface area contributed by atoms with Crippen LogP contribution in [0, 0.1) is 0 Å². The number of carbonyl (C=O) groups is 1. The summed E-state index contributed by atoms with van der Waals surface area (Å²) in [5.74, 6) is 1.38. The van der Waals surface area contributed by atoms with E-state index in [1.807, 2.05) is 24.3 Å². The van der Waals surface area contributed by atoms with Gasteiger partial charge in [-0.05, 0) is 48.2 Å². The summed E-state index contributed by atoms with van der Waals surface area (Å²) >= 11 is 0. The third kappa shape index (κ3) is 4.68. The number of carbonyl (C=O) groups excluding carboxylic acids is 1. The topological polar surface area (TPSA) is 90.7 Å². The lowest BCUT2D eigenvalue weighted by Crippen LogP contribution is -2.30. The van der Waals surface area contributed by atoms with Crippen LogP contribution in [0.1, 0.15) is 40.5 Å². The molecular formula is C23H25N3O5S. The van der Waals surface area contributed by atoms with Crippen molar-refractivity contribution in [2.24, 2.45) is 0 Å². The van der Waals surface area contributed by atoms with Crippen LogP contribution in [0.3, 0.4) is 0 Å². The maximum Gasteiger partial charge on any atom is 0.263 e. The van der Waals surface area contributed by atoms with Gasteiger partial charge in [0.25, 0.3) is 10.0 Å². The van der Waals surface area contributed by atoms with Gasteiger partial charge in [0, 0.05) is 19.2 Å². The molecule has 1 heterocycles. The Morgan fingerprint density at radius 3 is 1.88 bits per heavy atom. The highest BCUT2D eigenvalue weighted by atomic mass is 32.2. The van der Waals surface area contributed by atoms with Crippen molar-refractivity contribution in [3.8, 4) is 11.5 Å². The van der Waals surface area contributed by atoms with E-state index in [0.717, 1.165) is 24.0 Å². The van der Waals surface area contributed by atoms with Crippen molar-refractivity contribution < 1.29 is 22.7 Å². The molecule has 32 heavy (non-hydrogen) atoms. The van der Waals surface area contributed by atoms with Crippen molar-refractivity contribution in [2.75, 3.05) is 14.2 Å². The summed E-state index contributed by atoms with van der Waals surface area (Å²) in [4.78, 5) is 11.5. The Morgan fingerprint density at radius 2 is 1.47 bits per heavy atom. The van der Waals surface area contributed by atoms with E-state index in [-0.39, 0.29) is 29.9 Å². The Labute approximate surface area is 187 Å². The SMILES string of the molecule is COc1ccc(CN(Cc2ccc(OC)cc2)S(=O)(=O)c2cc(C=O)n(C3CC3)n2)cc1. The highest BCUT2D eigenvalue weighted by molar-refractivity contribution is 7.89. The third-order valence-corrected chi connectivity index (χ3v) is 7.06. The average molecular weight is 456 g/mol. The molecule has 168 valence electrons. The van der Waals surface area contributed by atoms with Crippen LogP contribution in [-0.2, 0) is 23.1 Å². The fraction of sp³-hybridized carbons (Fsp3) is 0.304. The van der Waals surface area contributed by atoms with Gasteiger partial charge in [0.15, 0.2) is 11.3 Å². The molecule has 1 saturated carbocycles. The lowest BCUT2D eigenvalue weighted by atomic mass is 10.2. The number of nitrogens with zero attached hydrogens (tertiary/aromatic N) is 3. The number of aromatic nitrogens is 2. The molecule has 0 amide bonds. The summed E-state index contributed by atoms with van der Waals surface area (Å²) < 4.78 is 40.5. The second-order valence-electron chi connectivity index (χ2n) is 7.67. The number of benzene rings is 2. The van der Waals surface area contributed by atoms with Crippen LogP contribution in [0.15, 0.2) is 59.6 Å². The first-order chi connectivity index (χ1) is 15.4. The summed E-state index contributed by atoms with van der Waals surface area (Å²) in [5, 5.41) is 4.17. The fourth-order valence-corrected chi connectivity index (χ4v) is 4.80.